The van der Waals surface area contributed by atoms with Gasteiger partial charge in [-0.15, -0.1) is 0 Å². The van der Waals surface area contributed by atoms with Gasteiger partial charge in [-0.25, -0.2) is 9.07 Å². The van der Waals surface area contributed by atoms with Crippen molar-refractivity contribution in [3.8, 4) is 5.69 Å². The second kappa shape index (κ2) is 4.44. The van der Waals surface area contributed by atoms with Gasteiger partial charge in [0.1, 0.15) is 5.82 Å². The third-order valence-electron chi connectivity index (χ3n) is 3.01. The number of benzene rings is 1. The summed E-state index contributed by atoms with van der Waals surface area (Å²) in [5, 5.41) is 5.27. The zero-order valence-corrected chi connectivity index (χ0v) is 10.4. The zero-order valence-electron chi connectivity index (χ0n) is 10.4. The summed E-state index contributed by atoms with van der Waals surface area (Å²) in [6, 6.07) is 7.99. The molecule has 1 atom stereocenters. The molecule has 0 radical (unpaired) electrons. The van der Waals surface area contributed by atoms with Gasteiger partial charge in [0.15, 0.2) is 0 Å². The lowest BCUT2D eigenvalue weighted by Gasteiger charge is -2.06. The van der Waals surface area contributed by atoms with Crippen molar-refractivity contribution in [2.75, 3.05) is 0 Å². The van der Waals surface area contributed by atoms with Crippen molar-refractivity contribution < 1.29 is 4.39 Å². The molecule has 4 nitrogen and oxygen atoms in total. The lowest BCUT2D eigenvalue weighted by Crippen LogP contribution is -2.07. The van der Waals surface area contributed by atoms with Gasteiger partial charge in [-0.3, -0.25) is 4.98 Å². The van der Waals surface area contributed by atoms with Crippen LogP contribution in [0.3, 0.4) is 0 Å². The minimum absolute atomic E-state index is 0.112. The van der Waals surface area contributed by atoms with Gasteiger partial charge in [0.25, 0.3) is 0 Å². The average Bonchev–Trinajstić information content (AvgIpc) is 2.82. The van der Waals surface area contributed by atoms with Crippen LogP contribution in [0, 0.1) is 5.82 Å². The number of nitrogens with zero attached hydrogens (tertiary/aromatic N) is 3. The number of hydrogen-bond acceptors (Lipinski definition) is 3. The van der Waals surface area contributed by atoms with Crippen LogP contribution in [0.2, 0.25) is 0 Å². The fraction of sp³-hybridized carbons (Fsp3) is 0.143. The van der Waals surface area contributed by atoms with Crippen LogP contribution in [0.25, 0.3) is 16.6 Å². The summed E-state index contributed by atoms with van der Waals surface area (Å²) >= 11 is 0. The fourth-order valence-corrected chi connectivity index (χ4v) is 1.98. The second-order valence-corrected chi connectivity index (χ2v) is 4.49. The van der Waals surface area contributed by atoms with E-state index in [4.69, 9.17) is 5.73 Å². The summed E-state index contributed by atoms with van der Waals surface area (Å²) in [6.07, 6.45) is 3.50. The quantitative estimate of drug-likeness (QED) is 0.766. The highest BCUT2D eigenvalue weighted by molar-refractivity contribution is 5.79. The number of aromatic nitrogens is 3. The van der Waals surface area contributed by atoms with Gasteiger partial charge in [0.05, 0.1) is 29.3 Å². The molecule has 96 valence electrons. The van der Waals surface area contributed by atoms with Gasteiger partial charge in [-0.05, 0) is 37.3 Å². The Labute approximate surface area is 109 Å². The first kappa shape index (κ1) is 11.8. The lowest BCUT2D eigenvalue weighted by atomic mass is 10.2. The Hall–Kier alpha value is -2.27. The Balaban J connectivity index is 2.13. The zero-order chi connectivity index (χ0) is 13.4. The molecule has 3 rings (SSSR count). The number of pyridine rings is 1. The van der Waals surface area contributed by atoms with Crippen LogP contribution in [0.15, 0.2) is 42.7 Å². The maximum atomic E-state index is 12.9. The maximum Gasteiger partial charge on any atom is 0.123 e. The van der Waals surface area contributed by atoms with E-state index in [-0.39, 0.29) is 11.9 Å². The largest absolute Gasteiger partial charge is 0.323 e. The van der Waals surface area contributed by atoms with Gasteiger partial charge in [-0.1, -0.05) is 0 Å². The van der Waals surface area contributed by atoms with Gasteiger partial charge < -0.3 is 5.73 Å². The summed E-state index contributed by atoms with van der Waals surface area (Å²) in [5.74, 6) is -0.266. The standard InChI is InChI=1S/C14H13FN4/c1-9(16)13-6-10-7-18-19(14(10)8-17-13)12-4-2-11(15)3-5-12/h2-9H,16H2,1H3/t9-/m1/s1. The first-order valence-corrected chi connectivity index (χ1v) is 6.00. The van der Waals surface area contributed by atoms with E-state index in [0.717, 1.165) is 22.3 Å². The van der Waals surface area contributed by atoms with E-state index in [2.05, 4.69) is 10.1 Å². The highest BCUT2D eigenvalue weighted by atomic mass is 19.1. The van der Waals surface area contributed by atoms with E-state index in [1.807, 2.05) is 13.0 Å². The van der Waals surface area contributed by atoms with Crippen LogP contribution < -0.4 is 5.73 Å². The Morgan fingerprint density at radius 2 is 1.95 bits per heavy atom. The molecule has 0 aliphatic carbocycles. The van der Waals surface area contributed by atoms with Crippen LogP contribution in [0.4, 0.5) is 4.39 Å². The molecule has 0 fully saturated rings. The van der Waals surface area contributed by atoms with Crippen molar-refractivity contribution in [3.05, 3.63) is 54.2 Å². The number of halogens is 1. The van der Waals surface area contributed by atoms with E-state index in [0.29, 0.717) is 0 Å². The molecule has 5 heteroatoms. The van der Waals surface area contributed by atoms with E-state index in [1.165, 1.54) is 12.1 Å². The minimum atomic E-state index is -0.266. The summed E-state index contributed by atoms with van der Waals surface area (Å²) in [6.45, 7) is 1.89. The number of fused-ring (bicyclic) bond motifs is 1. The number of rotatable bonds is 2. The Bertz CT molecular complexity index is 716. The molecule has 0 amide bonds. The third-order valence-corrected chi connectivity index (χ3v) is 3.01. The molecule has 3 aromatic rings. The normalized spacial score (nSPS) is 12.8. The van der Waals surface area contributed by atoms with Crippen LogP contribution in [0.1, 0.15) is 18.7 Å². The van der Waals surface area contributed by atoms with Gasteiger partial charge in [0, 0.05) is 11.4 Å². The molecule has 2 heterocycles. The van der Waals surface area contributed by atoms with Gasteiger partial charge in [-0.2, -0.15) is 5.10 Å². The van der Waals surface area contributed by atoms with E-state index in [9.17, 15) is 4.39 Å². The maximum absolute atomic E-state index is 12.9. The van der Waals surface area contributed by atoms with Gasteiger partial charge in [0.2, 0.25) is 0 Å². The molecule has 0 saturated carbocycles. The SMILES string of the molecule is C[C@@H](N)c1cc2cnn(-c3ccc(F)cc3)c2cn1. The van der Waals surface area contributed by atoms with Crippen LogP contribution in [0.5, 0.6) is 0 Å². The highest BCUT2D eigenvalue weighted by Gasteiger charge is 2.08. The van der Waals surface area contributed by atoms with Crippen molar-refractivity contribution in [3.63, 3.8) is 0 Å². The molecular formula is C14H13FN4. The van der Waals surface area contributed by atoms with Crippen molar-refractivity contribution in [1.82, 2.24) is 14.8 Å². The smallest absolute Gasteiger partial charge is 0.123 e. The van der Waals surface area contributed by atoms with E-state index >= 15 is 0 Å². The predicted molar refractivity (Wildman–Crippen MR) is 71.4 cm³/mol. The lowest BCUT2D eigenvalue weighted by molar-refractivity contribution is 0.627. The van der Waals surface area contributed by atoms with E-state index < -0.39 is 0 Å². The van der Waals surface area contributed by atoms with E-state index in [1.54, 1.807) is 29.2 Å². The highest BCUT2D eigenvalue weighted by Crippen LogP contribution is 2.20. The summed E-state index contributed by atoms with van der Waals surface area (Å²) in [4.78, 5) is 4.32. The third kappa shape index (κ3) is 2.08. The summed E-state index contributed by atoms with van der Waals surface area (Å²) < 4.78 is 14.7. The molecule has 2 aromatic heterocycles. The minimum Gasteiger partial charge on any atom is -0.323 e. The van der Waals surface area contributed by atoms with Crippen molar-refractivity contribution in [2.24, 2.45) is 5.73 Å². The summed E-state index contributed by atoms with van der Waals surface area (Å²) in [5.41, 5.74) is 8.30. The monoisotopic (exact) mass is 256 g/mol. The Morgan fingerprint density at radius 1 is 1.21 bits per heavy atom. The Kier molecular flexibility index (Phi) is 2.76. The molecule has 0 unspecified atom stereocenters. The average molecular weight is 256 g/mol. The number of nitrogens with two attached hydrogens (primary N) is 1. The number of hydrogen-bond donors (Lipinski definition) is 1. The van der Waals surface area contributed by atoms with Crippen LogP contribution >= 0.6 is 0 Å². The van der Waals surface area contributed by atoms with Gasteiger partial charge >= 0.3 is 0 Å². The first-order chi connectivity index (χ1) is 9.15. The molecule has 19 heavy (non-hydrogen) atoms. The molecule has 1 aromatic carbocycles. The molecule has 0 bridgehead atoms. The van der Waals surface area contributed by atoms with Crippen LogP contribution in [-0.2, 0) is 0 Å². The molecule has 0 aliphatic rings. The predicted octanol–water partition coefficient (Wildman–Crippen LogP) is 2.58. The van der Waals surface area contributed by atoms with Crippen LogP contribution in [-0.4, -0.2) is 14.8 Å². The second-order valence-electron chi connectivity index (χ2n) is 4.49. The van der Waals surface area contributed by atoms with Crippen molar-refractivity contribution in [1.29, 1.82) is 0 Å². The molecule has 0 saturated heterocycles. The molecule has 2 N–H and O–H groups in total. The molecular weight excluding hydrogens is 243 g/mol. The Morgan fingerprint density at radius 3 is 2.63 bits per heavy atom. The fourth-order valence-electron chi connectivity index (χ4n) is 1.98. The van der Waals surface area contributed by atoms with Crippen molar-refractivity contribution in [2.45, 2.75) is 13.0 Å². The molecule has 0 aliphatic heterocycles. The molecule has 0 spiro atoms. The summed E-state index contributed by atoms with van der Waals surface area (Å²) in [7, 11) is 0. The van der Waals surface area contributed by atoms with Crippen molar-refractivity contribution >= 4 is 10.9 Å². The topological polar surface area (TPSA) is 56.7 Å². The first-order valence-electron chi connectivity index (χ1n) is 6.00.